The molecule has 1 aromatic heterocycles. The zero-order chi connectivity index (χ0) is 13.2. The number of Topliss-reactive ketones (excluding diaryl/α,β-unsaturated/α-hetero) is 1. The molecule has 0 amide bonds. The van der Waals surface area contributed by atoms with E-state index in [4.69, 9.17) is 0 Å². The van der Waals surface area contributed by atoms with Crippen molar-refractivity contribution in [1.82, 2.24) is 4.57 Å². The number of hydrogen-bond acceptors (Lipinski definition) is 1. The Kier molecular flexibility index (Phi) is 3.27. The Bertz CT molecular complexity index is 689. The Morgan fingerprint density at radius 2 is 1.95 bits per heavy atom. The SMILES string of the molecule is O=C1CCCn2c1cc(C#Cc1ccccc1)c2Br. The molecule has 2 heterocycles. The fraction of sp³-hybridized carbons (Fsp3) is 0.188. The van der Waals surface area contributed by atoms with Crippen LogP contribution >= 0.6 is 15.9 Å². The van der Waals surface area contributed by atoms with Crippen molar-refractivity contribution in [3.8, 4) is 11.8 Å². The van der Waals surface area contributed by atoms with E-state index in [2.05, 4.69) is 27.8 Å². The number of aromatic nitrogens is 1. The highest BCUT2D eigenvalue weighted by atomic mass is 79.9. The van der Waals surface area contributed by atoms with E-state index in [1.807, 2.05) is 41.0 Å². The number of fused-ring (bicyclic) bond motifs is 1. The second-order valence-corrected chi connectivity index (χ2v) is 5.28. The number of rotatable bonds is 0. The van der Waals surface area contributed by atoms with Crippen molar-refractivity contribution in [1.29, 1.82) is 0 Å². The van der Waals surface area contributed by atoms with Gasteiger partial charge in [0.25, 0.3) is 0 Å². The van der Waals surface area contributed by atoms with Crippen LogP contribution in [0.15, 0.2) is 41.0 Å². The first kappa shape index (κ1) is 12.3. The third kappa shape index (κ3) is 2.36. The smallest absolute Gasteiger partial charge is 0.179 e. The average molecular weight is 314 g/mol. The van der Waals surface area contributed by atoms with Gasteiger partial charge < -0.3 is 4.57 Å². The predicted molar refractivity (Wildman–Crippen MR) is 78.1 cm³/mol. The lowest BCUT2D eigenvalue weighted by atomic mass is 10.1. The van der Waals surface area contributed by atoms with Crippen molar-refractivity contribution in [3.63, 3.8) is 0 Å². The summed E-state index contributed by atoms with van der Waals surface area (Å²) in [6.45, 7) is 0.884. The summed E-state index contributed by atoms with van der Waals surface area (Å²) in [6, 6.07) is 11.7. The van der Waals surface area contributed by atoms with Crippen LogP contribution in [0.2, 0.25) is 0 Å². The van der Waals surface area contributed by atoms with E-state index in [0.29, 0.717) is 6.42 Å². The minimum absolute atomic E-state index is 0.208. The van der Waals surface area contributed by atoms with E-state index in [9.17, 15) is 4.79 Å². The molecule has 0 radical (unpaired) electrons. The molecule has 1 aliphatic heterocycles. The lowest BCUT2D eigenvalue weighted by Crippen LogP contribution is -2.15. The van der Waals surface area contributed by atoms with Gasteiger partial charge in [-0.1, -0.05) is 30.0 Å². The molecule has 2 nitrogen and oxygen atoms in total. The number of benzene rings is 1. The Labute approximate surface area is 120 Å². The molecular formula is C16H12BrNO. The number of hydrogen-bond donors (Lipinski definition) is 0. The largest absolute Gasteiger partial charge is 0.332 e. The van der Waals surface area contributed by atoms with Crippen LogP contribution in [0.3, 0.4) is 0 Å². The molecule has 19 heavy (non-hydrogen) atoms. The van der Waals surface area contributed by atoms with Crippen molar-refractivity contribution in [2.45, 2.75) is 19.4 Å². The van der Waals surface area contributed by atoms with Gasteiger partial charge in [0.05, 0.1) is 11.3 Å². The van der Waals surface area contributed by atoms with E-state index in [-0.39, 0.29) is 5.78 Å². The Balaban J connectivity index is 1.99. The van der Waals surface area contributed by atoms with Gasteiger partial charge in [-0.3, -0.25) is 4.79 Å². The summed E-state index contributed by atoms with van der Waals surface area (Å²) in [5.74, 6) is 6.47. The van der Waals surface area contributed by atoms with E-state index >= 15 is 0 Å². The summed E-state index contributed by atoms with van der Waals surface area (Å²) < 4.78 is 2.93. The van der Waals surface area contributed by atoms with Crippen LogP contribution in [-0.2, 0) is 6.54 Å². The van der Waals surface area contributed by atoms with Gasteiger partial charge in [-0.05, 0) is 40.5 Å². The van der Waals surface area contributed by atoms with Crippen molar-refractivity contribution in [2.24, 2.45) is 0 Å². The first-order chi connectivity index (χ1) is 9.25. The van der Waals surface area contributed by atoms with Crippen molar-refractivity contribution in [3.05, 3.63) is 57.8 Å². The summed E-state index contributed by atoms with van der Waals surface area (Å²) in [5.41, 5.74) is 2.63. The first-order valence-electron chi connectivity index (χ1n) is 6.25. The molecule has 0 saturated carbocycles. The lowest BCUT2D eigenvalue weighted by Gasteiger charge is -2.14. The molecule has 0 saturated heterocycles. The fourth-order valence-electron chi connectivity index (χ4n) is 2.25. The molecule has 0 fully saturated rings. The van der Waals surface area contributed by atoms with Crippen LogP contribution < -0.4 is 0 Å². The van der Waals surface area contributed by atoms with Crippen LogP contribution in [0.4, 0.5) is 0 Å². The van der Waals surface area contributed by atoms with Crippen LogP contribution in [0.5, 0.6) is 0 Å². The minimum atomic E-state index is 0.208. The maximum Gasteiger partial charge on any atom is 0.179 e. The highest BCUT2D eigenvalue weighted by molar-refractivity contribution is 9.10. The Hall–Kier alpha value is -1.79. The highest BCUT2D eigenvalue weighted by Crippen LogP contribution is 2.26. The van der Waals surface area contributed by atoms with Crippen LogP contribution in [0, 0.1) is 11.8 Å². The number of carbonyl (C=O) groups is 1. The summed E-state index contributed by atoms with van der Waals surface area (Å²) in [7, 11) is 0. The summed E-state index contributed by atoms with van der Waals surface area (Å²) >= 11 is 3.55. The predicted octanol–water partition coefficient (Wildman–Crippen LogP) is 3.63. The van der Waals surface area contributed by atoms with Crippen LogP contribution in [0.25, 0.3) is 0 Å². The van der Waals surface area contributed by atoms with E-state index < -0.39 is 0 Å². The number of ketones is 1. The first-order valence-corrected chi connectivity index (χ1v) is 7.04. The lowest BCUT2D eigenvalue weighted by molar-refractivity contribution is 0.0954. The molecule has 0 N–H and O–H groups in total. The van der Waals surface area contributed by atoms with Gasteiger partial charge in [-0.15, -0.1) is 0 Å². The quantitative estimate of drug-likeness (QED) is 0.681. The van der Waals surface area contributed by atoms with Gasteiger partial charge in [-0.2, -0.15) is 0 Å². The molecular weight excluding hydrogens is 302 g/mol. The Morgan fingerprint density at radius 3 is 2.68 bits per heavy atom. The van der Waals surface area contributed by atoms with Gasteiger partial charge in [0.15, 0.2) is 5.78 Å². The van der Waals surface area contributed by atoms with Gasteiger partial charge in [0, 0.05) is 18.5 Å². The zero-order valence-corrected chi connectivity index (χ0v) is 11.9. The molecule has 1 aromatic carbocycles. The molecule has 1 aliphatic rings. The van der Waals surface area contributed by atoms with E-state index in [0.717, 1.165) is 34.4 Å². The third-order valence-corrected chi connectivity index (χ3v) is 4.07. The van der Waals surface area contributed by atoms with Gasteiger partial charge >= 0.3 is 0 Å². The van der Waals surface area contributed by atoms with Crippen molar-refractivity contribution < 1.29 is 4.79 Å². The Morgan fingerprint density at radius 1 is 1.16 bits per heavy atom. The summed E-state index contributed by atoms with van der Waals surface area (Å²) in [4.78, 5) is 11.8. The molecule has 0 bridgehead atoms. The fourth-order valence-corrected chi connectivity index (χ4v) is 2.83. The average Bonchev–Trinajstić information content (AvgIpc) is 2.77. The topological polar surface area (TPSA) is 22.0 Å². The van der Waals surface area contributed by atoms with Crippen LogP contribution in [0.1, 0.15) is 34.5 Å². The highest BCUT2D eigenvalue weighted by Gasteiger charge is 2.21. The van der Waals surface area contributed by atoms with E-state index in [1.54, 1.807) is 0 Å². The van der Waals surface area contributed by atoms with Crippen molar-refractivity contribution >= 4 is 21.7 Å². The third-order valence-electron chi connectivity index (χ3n) is 3.22. The van der Waals surface area contributed by atoms with Crippen LogP contribution in [-0.4, -0.2) is 10.4 Å². The molecule has 0 atom stereocenters. The van der Waals surface area contributed by atoms with Gasteiger partial charge in [0.1, 0.15) is 4.60 Å². The second kappa shape index (κ2) is 5.07. The van der Waals surface area contributed by atoms with E-state index in [1.165, 1.54) is 0 Å². The standard InChI is InChI=1S/C16H12BrNO/c17-16-13(9-8-12-5-2-1-3-6-12)11-14-15(19)7-4-10-18(14)16/h1-3,5-6,11H,4,7,10H2. The molecule has 94 valence electrons. The molecule has 2 aromatic rings. The summed E-state index contributed by atoms with van der Waals surface area (Å²) in [5, 5.41) is 0. The maximum absolute atomic E-state index is 11.8. The number of carbonyl (C=O) groups excluding carboxylic acids is 1. The molecule has 0 aliphatic carbocycles. The molecule has 0 spiro atoms. The minimum Gasteiger partial charge on any atom is -0.332 e. The van der Waals surface area contributed by atoms with Gasteiger partial charge in [-0.25, -0.2) is 0 Å². The summed E-state index contributed by atoms with van der Waals surface area (Å²) in [6.07, 6.45) is 1.55. The monoisotopic (exact) mass is 313 g/mol. The number of halogens is 1. The van der Waals surface area contributed by atoms with Crippen molar-refractivity contribution in [2.75, 3.05) is 0 Å². The second-order valence-electron chi connectivity index (χ2n) is 4.53. The molecule has 0 unspecified atom stereocenters. The molecule has 3 rings (SSSR count). The van der Waals surface area contributed by atoms with Gasteiger partial charge in [0.2, 0.25) is 0 Å². The number of nitrogens with zero attached hydrogens (tertiary/aromatic N) is 1. The maximum atomic E-state index is 11.8. The normalized spacial score (nSPS) is 13.6. The zero-order valence-electron chi connectivity index (χ0n) is 10.3. The molecule has 3 heteroatoms.